The maximum Gasteiger partial charge on any atom is 0.0761 e. The molecule has 0 radical (unpaired) electrons. The van der Waals surface area contributed by atoms with Crippen molar-refractivity contribution in [1.82, 2.24) is 4.98 Å². The first-order valence-electron chi connectivity index (χ1n) is 4.31. The van der Waals surface area contributed by atoms with Gasteiger partial charge < -0.3 is 0 Å². The Kier molecular flexibility index (Phi) is 2.38. The van der Waals surface area contributed by atoms with Crippen LogP contribution in [-0.2, 0) is 0 Å². The minimum atomic E-state index is 0.727. The van der Waals surface area contributed by atoms with Crippen molar-refractivity contribution in [3.63, 3.8) is 0 Å². The van der Waals surface area contributed by atoms with Crippen molar-refractivity contribution in [3.8, 4) is 0 Å². The lowest BCUT2D eigenvalue weighted by Gasteiger charge is -2.06. The number of pyridine rings is 1. The lowest BCUT2D eigenvalue weighted by molar-refractivity contribution is 1.31. The van der Waals surface area contributed by atoms with Crippen molar-refractivity contribution in [1.29, 1.82) is 0 Å². The Labute approximate surface area is 92.7 Å². The molecule has 2 aromatic rings. The van der Waals surface area contributed by atoms with E-state index in [2.05, 4.69) is 4.98 Å². The fraction of sp³-hybridized carbons (Fsp3) is 0.182. The van der Waals surface area contributed by atoms with Crippen LogP contribution in [0, 0.1) is 13.8 Å². The second kappa shape index (κ2) is 3.41. The number of rotatable bonds is 0. The van der Waals surface area contributed by atoms with Crippen LogP contribution in [0.3, 0.4) is 0 Å². The Morgan fingerprint density at radius 2 is 1.86 bits per heavy atom. The van der Waals surface area contributed by atoms with E-state index in [9.17, 15) is 0 Å². The topological polar surface area (TPSA) is 12.9 Å². The van der Waals surface area contributed by atoms with E-state index in [1.807, 2.05) is 26.0 Å². The molecule has 0 spiro atoms. The summed E-state index contributed by atoms with van der Waals surface area (Å²) in [6.45, 7) is 3.89. The van der Waals surface area contributed by atoms with E-state index in [1.165, 1.54) is 0 Å². The van der Waals surface area contributed by atoms with Crippen LogP contribution >= 0.6 is 23.2 Å². The molecular weight excluding hydrogens is 217 g/mol. The number of fused-ring (bicyclic) bond motifs is 1. The van der Waals surface area contributed by atoms with Crippen molar-refractivity contribution in [2.24, 2.45) is 0 Å². The lowest BCUT2D eigenvalue weighted by atomic mass is 10.1. The van der Waals surface area contributed by atoms with Crippen LogP contribution in [0.25, 0.3) is 10.9 Å². The molecule has 0 N–H and O–H groups in total. The number of aryl methyl sites for hydroxylation is 2. The summed E-state index contributed by atoms with van der Waals surface area (Å²) >= 11 is 12.2. The second-order valence-electron chi connectivity index (χ2n) is 3.32. The van der Waals surface area contributed by atoms with Crippen LogP contribution in [0.4, 0.5) is 0 Å². The van der Waals surface area contributed by atoms with Crippen LogP contribution in [0.15, 0.2) is 18.3 Å². The Hall–Kier alpha value is -0.790. The van der Waals surface area contributed by atoms with Crippen molar-refractivity contribution in [3.05, 3.63) is 39.5 Å². The van der Waals surface area contributed by atoms with Crippen LogP contribution < -0.4 is 0 Å². The Balaban J connectivity index is 2.94. The third-order valence-electron chi connectivity index (χ3n) is 2.33. The molecule has 72 valence electrons. The number of halogens is 2. The molecule has 0 aliphatic rings. The van der Waals surface area contributed by atoms with Crippen LogP contribution in [0.5, 0.6) is 0 Å². The molecule has 0 aliphatic heterocycles. The molecule has 0 saturated carbocycles. The Morgan fingerprint density at radius 3 is 2.57 bits per heavy atom. The zero-order chi connectivity index (χ0) is 10.3. The van der Waals surface area contributed by atoms with E-state index in [1.54, 1.807) is 6.20 Å². The van der Waals surface area contributed by atoms with Gasteiger partial charge in [0.1, 0.15) is 0 Å². The molecular formula is C11H9Cl2N. The maximum absolute atomic E-state index is 6.17. The third-order valence-corrected chi connectivity index (χ3v) is 3.25. The number of aromatic nitrogens is 1. The third kappa shape index (κ3) is 1.37. The van der Waals surface area contributed by atoms with Gasteiger partial charge in [0, 0.05) is 16.6 Å². The van der Waals surface area contributed by atoms with Crippen LogP contribution in [0.2, 0.25) is 10.0 Å². The zero-order valence-corrected chi connectivity index (χ0v) is 9.45. The van der Waals surface area contributed by atoms with Gasteiger partial charge in [-0.3, -0.25) is 4.98 Å². The standard InChI is InChI=1S/C11H9Cl2N/c1-6-5-14-11-7(2)9(12)4-3-8(11)10(6)13/h3-5H,1-2H3. The normalized spacial score (nSPS) is 10.9. The van der Waals surface area contributed by atoms with Gasteiger partial charge in [-0.2, -0.15) is 0 Å². The molecule has 0 bridgehead atoms. The van der Waals surface area contributed by atoms with E-state index >= 15 is 0 Å². The summed E-state index contributed by atoms with van der Waals surface area (Å²) < 4.78 is 0. The Bertz CT molecular complexity index is 459. The number of hydrogen-bond acceptors (Lipinski definition) is 1. The van der Waals surface area contributed by atoms with Gasteiger partial charge in [0.05, 0.1) is 10.5 Å². The maximum atomic E-state index is 6.17. The summed E-state index contributed by atoms with van der Waals surface area (Å²) in [6.07, 6.45) is 1.77. The molecule has 0 unspecified atom stereocenters. The molecule has 1 heterocycles. The predicted molar refractivity (Wildman–Crippen MR) is 61.2 cm³/mol. The molecule has 2 rings (SSSR count). The van der Waals surface area contributed by atoms with Gasteiger partial charge in [0.15, 0.2) is 0 Å². The largest absolute Gasteiger partial charge is 0.256 e. The van der Waals surface area contributed by atoms with E-state index in [4.69, 9.17) is 23.2 Å². The van der Waals surface area contributed by atoms with E-state index in [-0.39, 0.29) is 0 Å². The second-order valence-corrected chi connectivity index (χ2v) is 4.11. The minimum absolute atomic E-state index is 0.727. The molecule has 1 aromatic heterocycles. The molecule has 0 amide bonds. The summed E-state index contributed by atoms with van der Waals surface area (Å²) in [5, 5.41) is 2.45. The first-order chi connectivity index (χ1) is 6.61. The number of benzene rings is 1. The molecule has 3 heteroatoms. The summed E-state index contributed by atoms with van der Waals surface area (Å²) in [4.78, 5) is 4.33. The zero-order valence-electron chi connectivity index (χ0n) is 7.94. The highest BCUT2D eigenvalue weighted by Crippen LogP contribution is 2.30. The van der Waals surface area contributed by atoms with Crippen LogP contribution in [-0.4, -0.2) is 4.98 Å². The van der Waals surface area contributed by atoms with E-state index < -0.39 is 0 Å². The minimum Gasteiger partial charge on any atom is -0.256 e. The van der Waals surface area contributed by atoms with Gasteiger partial charge in [-0.15, -0.1) is 0 Å². The summed E-state index contributed by atoms with van der Waals surface area (Å²) in [6, 6.07) is 3.76. The van der Waals surface area contributed by atoms with Crippen LogP contribution in [0.1, 0.15) is 11.1 Å². The predicted octanol–water partition coefficient (Wildman–Crippen LogP) is 4.16. The van der Waals surface area contributed by atoms with E-state index in [0.29, 0.717) is 0 Å². The highest BCUT2D eigenvalue weighted by Gasteiger charge is 2.07. The molecule has 1 aromatic carbocycles. The first-order valence-corrected chi connectivity index (χ1v) is 5.07. The van der Waals surface area contributed by atoms with E-state index in [0.717, 1.165) is 32.1 Å². The Morgan fingerprint density at radius 1 is 1.14 bits per heavy atom. The average Bonchev–Trinajstić information content (AvgIpc) is 2.17. The fourth-order valence-electron chi connectivity index (χ4n) is 1.45. The quantitative estimate of drug-likeness (QED) is 0.657. The highest BCUT2D eigenvalue weighted by molar-refractivity contribution is 6.37. The lowest BCUT2D eigenvalue weighted by Crippen LogP contribution is -1.87. The van der Waals surface area contributed by atoms with Crippen molar-refractivity contribution in [2.75, 3.05) is 0 Å². The summed E-state index contributed by atoms with van der Waals surface area (Å²) in [5.74, 6) is 0. The van der Waals surface area contributed by atoms with Gasteiger partial charge in [-0.05, 0) is 37.1 Å². The average molecular weight is 226 g/mol. The van der Waals surface area contributed by atoms with Crippen molar-refractivity contribution < 1.29 is 0 Å². The number of hydrogen-bond donors (Lipinski definition) is 0. The SMILES string of the molecule is Cc1cnc2c(C)c(Cl)ccc2c1Cl. The highest BCUT2D eigenvalue weighted by atomic mass is 35.5. The fourth-order valence-corrected chi connectivity index (χ4v) is 1.80. The molecule has 0 atom stereocenters. The number of nitrogens with zero attached hydrogens (tertiary/aromatic N) is 1. The van der Waals surface area contributed by atoms with Gasteiger partial charge in [-0.1, -0.05) is 23.2 Å². The van der Waals surface area contributed by atoms with Gasteiger partial charge >= 0.3 is 0 Å². The van der Waals surface area contributed by atoms with Gasteiger partial charge in [-0.25, -0.2) is 0 Å². The first kappa shape index (κ1) is 9.75. The molecule has 14 heavy (non-hydrogen) atoms. The summed E-state index contributed by atoms with van der Waals surface area (Å²) in [7, 11) is 0. The smallest absolute Gasteiger partial charge is 0.0761 e. The molecule has 1 nitrogen and oxygen atoms in total. The van der Waals surface area contributed by atoms with Gasteiger partial charge in [0.25, 0.3) is 0 Å². The molecule has 0 aliphatic carbocycles. The summed E-state index contributed by atoms with van der Waals surface area (Å²) in [5.41, 5.74) is 2.85. The van der Waals surface area contributed by atoms with Crippen molar-refractivity contribution in [2.45, 2.75) is 13.8 Å². The molecule has 0 fully saturated rings. The van der Waals surface area contributed by atoms with Gasteiger partial charge in [0.2, 0.25) is 0 Å². The molecule has 0 saturated heterocycles. The van der Waals surface area contributed by atoms with Crippen molar-refractivity contribution >= 4 is 34.1 Å². The monoisotopic (exact) mass is 225 g/mol.